The van der Waals surface area contributed by atoms with Crippen LogP contribution in [0, 0.1) is 0 Å². The van der Waals surface area contributed by atoms with Crippen LogP contribution >= 0.6 is 0 Å². The van der Waals surface area contributed by atoms with Crippen LogP contribution in [0.3, 0.4) is 0 Å². The van der Waals surface area contributed by atoms with Crippen molar-refractivity contribution in [2.45, 2.75) is 12.5 Å². The Bertz CT molecular complexity index is 101. The molecule has 9 heteroatoms. The van der Waals surface area contributed by atoms with Gasteiger partial charge in [0.1, 0.15) is 0 Å². The summed E-state index contributed by atoms with van der Waals surface area (Å²) in [5.41, 5.74) is 5.32. The Labute approximate surface area is 96.1 Å². The lowest BCUT2D eigenvalue weighted by molar-refractivity contribution is 0.437. The van der Waals surface area contributed by atoms with E-state index in [1.165, 1.54) is 0 Å². The summed E-state index contributed by atoms with van der Waals surface area (Å²) in [4.78, 5) is 0. The van der Waals surface area contributed by atoms with Gasteiger partial charge in [-0.1, -0.05) is 0 Å². The standard InChI is InChI=1S/C5H13N2O3Si4/c6-2-4-7-3-1-5-12-9-14-10-13-8-11/h7H,1-6H2. The average Bonchev–Trinajstić information content (AvgIpc) is 2.21. The van der Waals surface area contributed by atoms with Crippen molar-refractivity contribution >= 4 is 40.3 Å². The first kappa shape index (κ1) is 14.7. The summed E-state index contributed by atoms with van der Waals surface area (Å²) < 4.78 is 14.7. The van der Waals surface area contributed by atoms with Gasteiger partial charge in [0.2, 0.25) is 20.2 Å². The molecule has 0 spiro atoms. The average molecular weight is 262 g/mol. The van der Waals surface area contributed by atoms with Crippen molar-refractivity contribution in [2.75, 3.05) is 19.6 Å². The molecule has 0 saturated carbocycles. The topological polar surface area (TPSA) is 65.7 Å². The van der Waals surface area contributed by atoms with Crippen LogP contribution < -0.4 is 11.1 Å². The van der Waals surface area contributed by atoms with E-state index in [-0.39, 0.29) is 20.0 Å². The fraction of sp³-hybridized carbons (Fsp3) is 1.00. The molecule has 0 atom stereocenters. The summed E-state index contributed by atoms with van der Waals surface area (Å²) in [6, 6.07) is 1.06. The molecule has 9 radical (unpaired) electrons. The molecule has 0 fully saturated rings. The quantitative estimate of drug-likeness (QED) is 0.338. The van der Waals surface area contributed by atoms with E-state index in [1.54, 1.807) is 0 Å². The first-order chi connectivity index (χ1) is 6.91. The number of hydrogen-bond donors (Lipinski definition) is 2. The highest BCUT2D eigenvalue weighted by Gasteiger charge is 1.96. The molecule has 0 amide bonds. The second kappa shape index (κ2) is 13.7. The van der Waals surface area contributed by atoms with E-state index in [4.69, 9.17) is 14.0 Å². The van der Waals surface area contributed by atoms with Crippen LogP contribution in [0.15, 0.2) is 0 Å². The lowest BCUT2D eigenvalue weighted by Crippen LogP contribution is -2.23. The first-order valence-corrected chi connectivity index (χ1v) is 7.35. The van der Waals surface area contributed by atoms with Gasteiger partial charge >= 0.3 is 20.0 Å². The molecular weight excluding hydrogens is 248 g/mol. The molecule has 14 heavy (non-hydrogen) atoms. The van der Waals surface area contributed by atoms with Crippen molar-refractivity contribution < 1.29 is 12.3 Å². The Kier molecular flexibility index (Phi) is 14.3. The number of nitrogens with one attached hydrogen (secondary N) is 1. The largest absolute Gasteiger partial charge is 0.435 e. The zero-order valence-electron chi connectivity index (χ0n) is 7.84. The monoisotopic (exact) mass is 261 g/mol. The van der Waals surface area contributed by atoms with Crippen molar-refractivity contribution in [2.24, 2.45) is 5.73 Å². The Morgan fingerprint density at radius 2 is 2.07 bits per heavy atom. The van der Waals surface area contributed by atoms with Gasteiger partial charge < -0.3 is 23.4 Å². The van der Waals surface area contributed by atoms with Crippen LogP contribution in [0.25, 0.3) is 0 Å². The van der Waals surface area contributed by atoms with E-state index in [0.717, 1.165) is 25.6 Å². The summed E-state index contributed by atoms with van der Waals surface area (Å²) in [5.74, 6) is 0. The zero-order chi connectivity index (χ0) is 10.5. The van der Waals surface area contributed by atoms with Gasteiger partial charge in [0.15, 0.2) is 0 Å². The minimum absolute atomic E-state index is 0.00610. The van der Waals surface area contributed by atoms with Crippen molar-refractivity contribution in [1.29, 1.82) is 0 Å². The number of rotatable bonds is 11. The van der Waals surface area contributed by atoms with Gasteiger partial charge in [0.05, 0.1) is 0 Å². The summed E-state index contributed by atoms with van der Waals surface area (Å²) in [6.45, 7) is 2.59. The second-order valence-corrected chi connectivity index (χ2v) is 5.83. The predicted molar refractivity (Wildman–Crippen MR) is 57.6 cm³/mol. The summed E-state index contributed by atoms with van der Waals surface area (Å²) in [5, 5.41) is 3.22. The van der Waals surface area contributed by atoms with Gasteiger partial charge in [0.25, 0.3) is 0 Å². The highest BCUT2D eigenvalue weighted by molar-refractivity contribution is 6.44. The van der Waals surface area contributed by atoms with Crippen molar-refractivity contribution in [3.8, 4) is 0 Å². The molecule has 77 valence electrons. The van der Waals surface area contributed by atoms with Crippen molar-refractivity contribution in [1.82, 2.24) is 5.32 Å². The summed E-state index contributed by atoms with van der Waals surface area (Å²) in [7, 11) is 3.42. The smallest absolute Gasteiger partial charge is 0.411 e. The molecular formula is C5H13N2O3Si4. The summed E-state index contributed by atoms with van der Waals surface area (Å²) in [6.07, 6.45) is 1.11. The molecule has 0 aromatic rings. The van der Waals surface area contributed by atoms with E-state index in [2.05, 4.69) is 19.9 Å². The Morgan fingerprint density at radius 3 is 2.79 bits per heavy atom. The normalized spacial score (nSPS) is 10.7. The maximum absolute atomic E-state index is 5.32. The van der Waals surface area contributed by atoms with Gasteiger partial charge in [-0.2, -0.15) is 0 Å². The lowest BCUT2D eigenvalue weighted by Gasteiger charge is -2.02. The summed E-state index contributed by atoms with van der Waals surface area (Å²) >= 11 is 0. The third-order valence-electron chi connectivity index (χ3n) is 1.19. The Hall–Kier alpha value is 0.668. The van der Waals surface area contributed by atoms with Crippen molar-refractivity contribution in [3.63, 3.8) is 0 Å². The van der Waals surface area contributed by atoms with E-state index in [0.29, 0.717) is 16.3 Å². The molecule has 0 bridgehead atoms. The van der Waals surface area contributed by atoms with Gasteiger partial charge in [-0.15, -0.1) is 0 Å². The van der Waals surface area contributed by atoms with Crippen molar-refractivity contribution in [3.05, 3.63) is 0 Å². The van der Waals surface area contributed by atoms with Crippen LogP contribution in [-0.4, -0.2) is 59.9 Å². The minimum Gasteiger partial charge on any atom is -0.435 e. The van der Waals surface area contributed by atoms with Gasteiger partial charge in [-0.3, -0.25) is 0 Å². The molecule has 0 saturated heterocycles. The van der Waals surface area contributed by atoms with Crippen LogP contribution in [0.5, 0.6) is 0 Å². The lowest BCUT2D eigenvalue weighted by atomic mass is 10.5. The number of hydrogen-bond acceptors (Lipinski definition) is 5. The third-order valence-corrected chi connectivity index (χ3v) is 3.66. The molecule has 0 unspecified atom stereocenters. The molecule has 0 rings (SSSR count). The highest BCUT2D eigenvalue weighted by atomic mass is 28.4. The van der Waals surface area contributed by atoms with Gasteiger partial charge in [-0.05, 0) is 19.0 Å². The highest BCUT2D eigenvalue weighted by Crippen LogP contribution is 1.86. The van der Waals surface area contributed by atoms with Crippen LogP contribution in [-0.2, 0) is 12.3 Å². The fourth-order valence-electron chi connectivity index (χ4n) is 0.652. The van der Waals surface area contributed by atoms with E-state index in [9.17, 15) is 0 Å². The maximum Gasteiger partial charge on any atom is 0.411 e. The SMILES string of the molecule is NCCNCCC[Si]O[Si]O[Si]O[Si]. The predicted octanol–water partition coefficient (Wildman–Crippen LogP) is -1.84. The maximum atomic E-state index is 5.32. The van der Waals surface area contributed by atoms with Crippen LogP contribution in [0.4, 0.5) is 0 Å². The number of nitrogens with two attached hydrogens (primary N) is 1. The third kappa shape index (κ3) is 12.7. The molecule has 0 aliphatic rings. The zero-order valence-corrected chi connectivity index (χ0v) is 11.8. The van der Waals surface area contributed by atoms with Crippen LogP contribution in [0.1, 0.15) is 6.42 Å². The van der Waals surface area contributed by atoms with Gasteiger partial charge in [-0.25, -0.2) is 0 Å². The molecule has 0 heterocycles. The van der Waals surface area contributed by atoms with Crippen LogP contribution in [0.2, 0.25) is 6.04 Å². The molecule has 3 N–H and O–H groups in total. The molecule has 5 nitrogen and oxygen atoms in total. The van der Waals surface area contributed by atoms with E-state index < -0.39 is 0 Å². The van der Waals surface area contributed by atoms with Gasteiger partial charge in [0, 0.05) is 13.1 Å². The molecule has 0 aromatic heterocycles. The first-order valence-electron chi connectivity index (χ1n) is 4.19. The molecule has 0 aliphatic heterocycles. The van der Waals surface area contributed by atoms with E-state index >= 15 is 0 Å². The Morgan fingerprint density at radius 1 is 1.21 bits per heavy atom. The minimum atomic E-state index is 0.00610. The fourth-order valence-corrected chi connectivity index (χ4v) is 2.84. The molecule has 0 aliphatic carbocycles. The molecule has 0 aromatic carbocycles. The second-order valence-electron chi connectivity index (χ2n) is 2.26. The Balaban J connectivity index is 2.78. The van der Waals surface area contributed by atoms with E-state index in [1.807, 2.05) is 0 Å².